The van der Waals surface area contributed by atoms with Gasteiger partial charge in [0, 0.05) is 20.6 Å². The van der Waals surface area contributed by atoms with E-state index in [4.69, 9.17) is 0 Å². The van der Waals surface area contributed by atoms with Gasteiger partial charge >= 0.3 is 6.03 Å². The van der Waals surface area contributed by atoms with Crippen LogP contribution in [0.5, 0.6) is 0 Å². The van der Waals surface area contributed by atoms with Crippen LogP contribution >= 0.6 is 0 Å². The third-order valence-corrected chi connectivity index (χ3v) is 2.73. The van der Waals surface area contributed by atoms with Gasteiger partial charge < -0.3 is 9.80 Å². The highest BCUT2D eigenvalue weighted by molar-refractivity contribution is 5.75. The van der Waals surface area contributed by atoms with E-state index in [0.29, 0.717) is 6.54 Å². The maximum Gasteiger partial charge on any atom is 0.320 e. The van der Waals surface area contributed by atoms with Crippen LogP contribution in [-0.2, 0) is 0 Å². The molecular weight excluding hydrogens is 200 g/mol. The molecule has 1 heterocycles. The summed E-state index contributed by atoms with van der Waals surface area (Å²) in [5, 5.41) is 0. The monoisotopic (exact) mass is 216 g/mol. The lowest BCUT2D eigenvalue weighted by Crippen LogP contribution is -2.39. The molecule has 84 valence electrons. The Morgan fingerprint density at radius 2 is 2.00 bits per heavy atom. The number of benzene rings is 1. The number of amides is 2. The molecule has 1 aromatic carbocycles. The first kappa shape index (κ1) is 10.7. The van der Waals surface area contributed by atoms with Crippen molar-refractivity contribution in [1.29, 1.82) is 0 Å². The lowest BCUT2D eigenvalue weighted by atomic mass is 10.1. The second-order valence-corrected chi connectivity index (χ2v) is 4.11. The average Bonchev–Trinajstić information content (AvgIpc) is 2.77. The molecule has 0 radical (unpaired) electrons. The summed E-state index contributed by atoms with van der Waals surface area (Å²) in [4.78, 5) is 15.4. The van der Waals surface area contributed by atoms with E-state index in [1.54, 1.807) is 19.0 Å². The first-order valence-electron chi connectivity index (χ1n) is 5.39. The first-order chi connectivity index (χ1) is 7.70. The Kier molecular flexibility index (Phi) is 2.95. The molecule has 0 saturated heterocycles. The summed E-state index contributed by atoms with van der Waals surface area (Å²) in [6.07, 6.45) is 4.12. The molecule has 0 aromatic heterocycles. The van der Waals surface area contributed by atoms with Crippen LogP contribution in [0.4, 0.5) is 4.79 Å². The van der Waals surface area contributed by atoms with E-state index in [2.05, 4.69) is 18.2 Å². The smallest absolute Gasteiger partial charge is 0.320 e. The molecule has 16 heavy (non-hydrogen) atoms. The van der Waals surface area contributed by atoms with Crippen LogP contribution < -0.4 is 0 Å². The minimum atomic E-state index is 0.0545. The summed E-state index contributed by atoms with van der Waals surface area (Å²) >= 11 is 0. The molecule has 0 spiro atoms. The molecule has 0 unspecified atom stereocenters. The summed E-state index contributed by atoms with van der Waals surface area (Å²) in [5.41, 5.74) is 1.16. The second kappa shape index (κ2) is 4.39. The predicted molar refractivity (Wildman–Crippen MR) is 64.1 cm³/mol. The number of hydrogen-bond donors (Lipinski definition) is 0. The normalized spacial score (nSPS) is 18.9. The molecule has 1 atom stereocenters. The number of rotatable bonds is 1. The van der Waals surface area contributed by atoms with Crippen molar-refractivity contribution in [3.8, 4) is 0 Å². The minimum absolute atomic E-state index is 0.0545. The molecule has 0 aliphatic carbocycles. The fourth-order valence-electron chi connectivity index (χ4n) is 1.92. The largest absolute Gasteiger partial charge is 0.331 e. The quantitative estimate of drug-likeness (QED) is 0.661. The van der Waals surface area contributed by atoms with E-state index >= 15 is 0 Å². The van der Waals surface area contributed by atoms with Gasteiger partial charge in [-0.15, -0.1) is 0 Å². The van der Waals surface area contributed by atoms with Crippen LogP contribution in [0, 0.1) is 0 Å². The molecule has 0 N–H and O–H groups in total. The van der Waals surface area contributed by atoms with Gasteiger partial charge in [-0.25, -0.2) is 4.79 Å². The number of urea groups is 1. The van der Waals surface area contributed by atoms with E-state index < -0.39 is 0 Å². The molecule has 1 aliphatic rings. The molecule has 2 amide bonds. The maximum atomic E-state index is 11.9. The van der Waals surface area contributed by atoms with Gasteiger partial charge in [-0.3, -0.25) is 0 Å². The van der Waals surface area contributed by atoms with Crippen LogP contribution in [-0.4, -0.2) is 36.5 Å². The van der Waals surface area contributed by atoms with Gasteiger partial charge in [0.25, 0.3) is 0 Å². The lowest BCUT2D eigenvalue weighted by Gasteiger charge is -2.27. The molecule has 1 aromatic rings. The van der Waals surface area contributed by atoms with Crippen molar-refractivity contribution in [2.75, 3.05) is 20.6 Å². The van der Waals surface area contributed by atoms with Gasteiger partial charge in [-0.05, 0) is 5.56 Å². The van der Waals surface area contributed by atoms with Crippen molar-refractivity contribution in [3.63, 3.8) is 0 Å². The second-order valence-electron chi connectivity index (χ2n) is 4.11. The SMILES string of the molecule is CN(C)C(=O)N1CC=C[C@H]1c1ccccc1. The van der Waals surface area contributed by atoms with Crippen LogP contribution in [0.1, 0.15) is 11.6 Å². The average molecular weight is 216 g/mol. The van der Waals surface area contributed by atoms with Crippen LogP contribution in [0.2, 0.25) is 0 Å². The zero-order valence-corrected chi connectivity index (χ0v) is 9.63. The zero-order valence-electron chi connectivity index (χ0n) is 9.63. The Morgan fingerprint density at radius 3 is 2.62 bits per heavy atom. The van der Waals surface area contributed by atoms with Crippen molar-refractivity contribution in [2.24, 2.45) is 0 Å². The van der Waals surface area contributed by atoms with Gasteiger partial charge in [0.05, 0.1) is 6.04 Å². The predicted octanol–water partition coefficient (Wildman–Crippen LogP) is 2.28. The van der Waals surface area contributed by atoms with Gasteiger partial charge in [0.15, 0.2) is 0 Å². The molecule has 0 fully saturated rings. The van der Waals surface area contributed by atoms with E-state index in [9.17, 15) is 4.79 Å². The van der Waals surface area contributed by atoms with E-state index in [1.165, 1.54) is 0 Å². The van der Waals surface area contributed by atoms with Gasteiger partial charge in [0.1, 0.15) is 0 Å². The summed E-state index contributed by atoms with van der Waals surface area (Å²) in [7, 11) is 3.56. The van der Waals surface area contributed by atoms with Crippen molar-refractivity contribution in [1.82, 2.24) is 9.80 Å². The van der Waals surface area contributed by atoms with Crippen molar-refractivity contribution in [3.05, 3.63) is 48.0 Å². The van der Waals surface area contributed by atoms with Crippen LogP contribution in [0.3, 0.4) is 0 Å². The standard InChI is InChI=1S/C13H16N2O/c1-14(2)13(16)15-10-6-9-12(15)11-7-4-3-5-8-11/h3-9,12H,10H2,1-2H3/t12-/m0/s1. The molecule has 2 rings (SSSR count). The van der Waals surface area contributed by atoms with Crippen molar-refractivity contribution >= 4 is 6.03 Å². The minimum Gasteiger partial charge on any atom is -0.331 e. The Labute approximate surface area is 96.0 Å². The maximum absolute atomic E-state index is 11.9. The number of carbonyl (C=O) groups is 1. The van der Waals surface area contributed by atoms with Gasteiger partial charge in [-0.1, -0.05) is 42.5 Å². The molecule has 0 saturated carbocycles. The zero-order chi connectivity index (χ0) is 11.5. The Bertz CT molecular complexity index is 398. The summed E-state index contributed by atoms with van der Waals surface area (Å²) < 4.78 is 0. The van der Waals surface area contributed by atoms with Gasteiger partial charge in [0.2, 0.25) is 0 Å². The highest BCUT2D eigenvalue weighted by Gasteiger charge is 2.26. The first-order valence-corrected chi connectivity index (χ1v) is 5.39. The van der Waals surface area contributed by atoms with Crippen molar-refractivity contribution < 1.29 is 4.79 Å². The van der Waals surface area contributed by atoms with E-state index in [1.807, 2.05) is 29.2 Å². The van der Waals surface area contributed by atoms with Crippen LogP contribution in [0.15, 0.2) is 42.5 Å². The molecule has 3 nitrogen and oxygen atoms in total. The number of nitrogens with zero attached hydrogens (tertiary/aromatic N) is 2. The lowest BCUT2D eigenvalue weighted by molar-refractivity contribution is 0.170. The number of hydrogen-bond acceptors (Lipinski definition) is 1. The topological polar surface area (TPSA) is 23.6 Å². The molecule has 3 heteroatoms. The highest BCUT2D eigenvalue weighted by atomic mass is 16.2. The Morgan fingerprint density at radius 1 is 1.31 bits per heavy atom. The molecule has 0 bridgehead atoms. The van der Waals surface area contributed by atoms with Crippen molar-refractivity contribution in [2.45, 2.75) is 6.04 Å². The van der Waals surface area contributed by atoms with E-state index in [-0.39, 0.29) is 12.1 Å². The fraction of sp³-hybridized carbons (Fsp3) is 0.308. The summed E-state index contributed by atoms with van der Waals surface area (Å²) in [6.45, 7) is 0.691. The third kappa shape index (κ3) is 1.94. The third-order valence-electron chi connectivity index (χ3n) is 2.73. The number of carbonyl (C=O) groups excluding carboxylic acids is 1. The fourth-order valence-corrected chi connectivity index (χ4v) is 1.92. The molecule has 1 aliphatic heterocycles. The Hall–Kier alpha value is -1.77. The molecular formula is C13H16N2O. The van der Waals surface area contributed by atoms with Crippen LogP contribution in [0.25, 0.3) is 0 Å². The van der Waals surface area contributed by atoms with E-state index in [0.717, 1.165) is 5.56 Å². The summed E-state index contributed by atoms with van der Waals surface area (Å²) in [5.74, 6) is 0. The Balaban J connectivity index is 2.21. The van der Waals surface area contributed by atoms with Gasteiger partial charge in [-0.2, -0.15) is 0 Å². The highest BCUT2D eigenvalue weighted by Crippen LogP contribution is 2.26. The summed E-state index contributed by atoms with van der Waals surface area (Å²) in [6, 6.07) is 10.2.